The standard InChI is InChI=1S/C28H24N2O3/c31-28(25-16-8-10-18-27(25)33-21-23-13-5-2-6-14-23)30-29-19-24-15-7-9-17-26(24)32-20-22-11-3-1-4-12-22/h1-19H,20-21H2,(H,30,31)/b29-19+. The van der Waals surface area contributed by atoms with Crippen LogP contribution in [0.4, 0.5) is 0 Å². The van der Waals surface area contributed by atoms with Crippen LogP contribution in [-0.2, 0) is 13.2 Å². The fourth-order valence-corrected chi connectivity index (χ4v) is 3.19. The first-order valence-corrected chi connectivity index (χ1v) is 10.6. The van der Waals surface area contributed by atoms with E-state index in [9.17, 15) is 4.79 Å². The first-order valence-electron chi connectivity index (χ1n) is 10.6. The van der Waals surface area contributed by atoms with Crippen LogP contribution in [0.25, 0.3) is 0 Å². The lowest BCUT2D eigenvalue weighted by atomic mass is 10.2. The van der Waals surface area contributed by atoms with Crippen molar-refractivity contribution in [1.29, 1.82) is 0 Å². The number of carbonyl (C=O) groups excluding carboxylic acids is 1. The molecule has 5 nitrogen and oxygen atoms in total. The highest BCUT2D eigenvalue weighted by Gasteiger charge is 2.11. The summed E-state index contributed by atoms with van der Waals surface area (Å²) in [6, 6.07) is 34.4. The van der Waals surface area contributed by atoms with E-state index in [0.717, 1.165) is 16.7 Å². The molecule has 0 saturated carbocycles. The lowest BCUT2D eigenvalue weighted by Gasteiger charge is -2.11. The molecule has 0 radical (unpaired) electrons. The first-order chi connectivity index (χ1) is 16.3. The highest BCUT2D eigenvalue weighted by molar-refractivity contribution is 5.97. The van der Waals surface area contributed by atoms with Gasteiger partial charge in [-0.25, -0.2) is 5.43 Å². The summed E-state index contributed by atoms with van der Waals surface area (Å²) in [7, 11) is 0. The van der Waals surface area contributed by atoms with E-state index in [4.69, 9.17) is 9.47 Å². The SMILES string of the molecule is O=C(N/N=C/c1ccccc1OCc1ccccc1)c1ccccc1OCc1ccccc1. The van der Waals surface area contributed by atoms with Gasteiger partial charge in [0.25, 0.3) is 5.91 Å². The fraction of sp³-hybridized carbons (Fsp3) is 0.0714. The number of hydrazone groups is 1. The molecule has 0 fully saturated rings. The second-order valence-electron chi connectivity index (χ2n) is 7.28. The number of carbonyl (C=O) groups is 1. The predicted molar refractivity (Wildman–Crippen MR) is 129 cm³/mol. The molecule has 0 aromatic heterocycles. The zero-order valence-electron chi connectivity index (χ0n) is 18.1. The Balaban J connectivity index is 1.39. The number of ether oxygens (including phenoxy) is 2. The molecule has 0 aliphatic carbocycles. The van der Waals surface area contributed by atoms with E-state index in [2.05, 4.69) is 10.5 Å². The molecule has 0 spiro atoms. The number of amides is 1. The van der Waals surface area contributed by atoms with E-state index in [0.29, 0.717) is 30.3 Å². The van der Waals surface area contributed by atoms with Crippen molar-refractivity contribution < 1.29 is 14.3 Å². The van der Waals surface area contributed by atoms with Gasteiger partial charge in [0.15, 0.2) is 0 Å². The molecule has 0 heterocycles. The average Bonchev–Trinajstić information content (AvgIpc) is 2.88. The molecule has 0 atom stereocenters. The third kappa shape index (κ3) is 6.31. The second-order valence-corrected chi connectivity index (χ2v) is 7.28. The molecule has 5 heteroatoms. The second kappa shape index (κ2) is 11.3. The maximum Gasteiger partial charge on any atom is 0.275 e. The lowest BCUT2D eigenvalue weighted by molar-refractivity contribution is 0.0950. The molecule has 1 amide bonds. The molecule has 0 aliphatic rings. The summed E-state index contributed by atoms with van der Waals surface area (Å²) >= 11 is 0. The van der Waals surface area contributed by atoms with Crippen molar-refractivity contribution in [1.82, 2.24) is 5.43 Å². The Morgan fingerprint density at radius 2 is 1.18 bits per heavy atom. The molecule has 0 saturated heterocycles. The van der Waals surface area contributed by atoms with Gasteiger partial charge in [0.05, 0.1) is 11.8 Å². The largest absolute Gasteiger partial charge is 0.488 e. The fourth-order valence-electron chi connectivity index (χ4n) is 3.19. The van der Waals surface area contributed by atoms with Gasteiger partial charge in [0.1, 0.15) is 24.7 Å². The highest BCUT2D eigenvalue weighted by atomic mass is 16.5. The van der Waals surface area contributed by atoms with Gasteiger partial charge in [-0.05, 0) is 35.4 Å². The number of hydrogen-bond acceptors (Lipinski definition) is 4. The molecular formula is C28H24N2O3. The topological polar surface area (TPSA) is 59.9 Å². The number of benzene rings is 4. The molecule has 0 unspecified atom stereocenters. The summed E-state index contributed by atoms with van der Waals surface area (Å²) in [6.07, 6.45) is 1.58. The van der Waals surface area contributed by atoms with Crippen LogP contribution in [0.2, 0.25) is 0 Å². The van der Waals surface area contributed by atoms with Gasteiger partial charge in [0, 0.05) is 5.56 Å². The van der Waals surface area contributed by atoms with E-state index in [1.54, 1.807) is 24.4 Å². The molecule has 4 aromatic rings. The number of hydrogen-bond donors (Lipinski definition) is 1. The van der Waals surface area contributed by atoms with Gasteiger partial charge in [-0.2, -0.15) is 5.10 Å². The van der Waals surface area contributed by atoms with Gasteiger partial charge >= 0.3 is 0 Å². The van der Waals surface area contributed by atoms with E-state index >= 15 is 0 Å². The highest BCUT2D eigenvalue weighted by Crippen LogP contribution is 2.20. The van der Waals surface area contributed by atoms with Crippen molar-refractivity contribution in [3.8, 4) is 11.5 Å². The van der Waals surface area contributed by atoms with E-state index in [1.165, 1.54) is 0 Å². The summed E-state index contributed by atoms with van der Waals surface area (Å²) in [5.74, 6) is 0.837. The van der Waals surface area contributed by atoms with Gasteiger partial charge in [-0.3, -0.25) is 4.79 Å². The Kier molecular flexibility index (Phi) is 7.48. The van der Waals surface area contributed by atoms with Gasteiger partial charge in [0.2, 0.25) is 0 Å². The number of para-hydroxylation sites is 2. The third-order valence-electron chi connectivity index (χ3n) is 4.89. The molecule has 4 rings (SSSR count). The summed E-state index contributed by atoms with van der Waals surface area (Å²) in [4.78, 5) is 12.7. The molecule has 0 aliphatic heterocycles. The van der Waals surface area contributed by atoms with Crippen LogP contribution in [0.1, 0.15) is 27.0 Å². The normalized spacial score (nSPS) is 10.7. The van der Waals surface area contributed by atoms with Gasteiger partial charge in [-0.1, -0.05) is 84.9 Å². The summed E-state index contributed by atoms with van der Waals surface area (Å²) < 4.78 is 11.8. The van der Waals surface area contributed by atoms with Crippen LogP contribution in [-0.4, -0.2) is 12.1 Å². The van der Waals surface area contributed by atoms with Crippen LogP contribution < -0.4 is 14.9 Å². The number of nitrogens with one attached hydrogen (secondary N) is 1. The third-order valence-corrected chi connectivity index (χ3v) is 4.89. The Labute approximate surface area is 193 Å². The van der Waals surface area contributed by atoms with Crippen molar-refractivity contribution in [2.45, 2.75) is 13.2 Å². The number of rotatable bonds is 9. The van der Waals surface area contributed by atoms with E-state index < -0.39 is 0 Å². The lowest BCUT2D eigenvalue weighted by Crippen LogP contribution is -2.18. The summed E-state index contributed by atoms with van der Waals surface area (Å²) in [5, 5.41) is 4.13. The van der Waals surface area contributed by atoms with Crippen LogP contribution >= 0.6 is 0 Å². The molecule has 4 aromatic carbocycles. The molecule has 0 bridgehead atoms. The molecular weight excluding hydrogens is 412 g/mol. The van der Waals surface area contributed by atoms with Crippen LogP contribution in [0, 0.1) is 0 Å². The minimum absolute atomic E-state index is 0.349. The van der Waals surface area contributed by atoms with Crippen LogP contribution in [0.15, 0.2) is 114 Å². The van der Waals surface area contributed by atoms with Crippen molar-refractivity contribution in [2.75, 3.05) is 0 Å². The average molecular weight is 437 g/mol. The van der Waals surface area contributed by atoms with E-state index in [-0.39, 0.29) is 5.91 Å². The molecule has 164 valence electrons. The monoisotopic (exact) mass is 436 g/mol. The van der Waals surface area contributed by atoms with Gasteiger partial charge < -0.3 is 9.47 Å². The Morgan fingerprint density at radius 3 is 1.85 bits per heavy atom. The maximum absolute atomic E-state index is 12.7. The zero-order chi connectivity index (χ0) is 22.7. The smallest absolute Gasteiger partial charge is 0.275 e. The van der Waals surface area contributed by atoms with Crippen LogP contribution in [0.3, 0.4) is 0 Å². The molecule has 1 N–H and O–H groups in total. The van der Waals surface area contributed by atoms with Crippen molar-refractivity contribution in [3.05, 3.63) is 131 Å². The minimum atomic E-state index is -0.349. The predicted octanol–water partition coefficient (Wildman–Crippen LogP) is 5.61. The maximum atomic E-state index is 12.7. The Morgan fingerprint density at radius 1 is 0.667 bits per heavy atom. The van der Waals surface area contributed by atoms with Crippen molar-refractivity contribution >= 4 is 12.1 Å². The Bertz CT molecular complexity index is 1210. The first kappa shape index (κ1) is 21.8. The van der Waals surface area contributed by atoms with Crippen LogP contribution in [0.5, 0.6) is 11.5 Å². The quantitative estimate of drug-likeness (QED) is 0.274. The van der Waals surface area contributed by atoms with Gasteiger partial charge in [-0.15, -0.1) is 0 Å². The molecule has 33 heavy (non-hydrogen) atoms. The summed E-state index contributed by atoms with van der Waals surface area (Å²) in [5.41, 5.74) is 5.86. The van der Waals surface area contributed by atoms with Crippen molar-refractivity contribution in [3.63, 3.8) is 0 Å². The minimum Gasteiger partial charge on any atom is -0.488 e. The number of nitrogens with zero attached hydrogens (tertiary/aromatic N) is 1. The summed E-state index contributed by atoms with van der Waals surface area (Å²) in [6.45, 7) is 0.824. The van der Waals surface area contributed by atoms with E-state index in [1.807, 2.05) is 91.0 Å². The Hall–Kier alpha value is -4.38. The zero-order valence-corrected chi connectivity index (χ0v) is 18.1. The van der Waals surface area contributed by atoms with Crippen molar-refractivity contribution in [2.24, 2.45) is 5.10 Å².